The van der Waals surface area contributed by atoms with E-state index >= 15 is 0 Å². The van der Waals surface area contributed by atoms with Gasteiger partial charge in [0.1, 0.15) is 0 Å². The molecule has 2 amide bonds. The third-order valence-electron chi connectivity index (χ3n) is 3.63. The van der Waals surface area contributed by atoms with Crippen LogP contribution in [0.5, 0.6) is 0 Å². The average Bonchev–Trinajstić information content (AvgIpc) is 2.72. The number of nitrogens with zero attached hydrogens (tertiary/aromatic N) is 4. The van der Waals surface area contributed by atoms with Gasteiger partial charge in [0.2, 0.25) is 11.8 Å². The molecule has 0 atom stereocenters. The van der Waals surface area contributed by atoms with Crippen molar-refractivity contribution >= 4 is 35.6 Å². The second kappa shape index (κ2) is 10.8. The molecule has 2 aromatic carbocycles. The first-order chi connectivity index (χ1) is 14.4. The van der Waals surface area contributed by atoms with Crippen LogP contribution in [0.1, 0.15) is 24.0 Å². The molecule has 12 heteroatoms. The predicted molar refractivity (Wildman–Crippen MR) is 107 cm³/mol. The molecule has 0 aromatic heterocycles. The smallest absolute Gasteiger partial charge is 0.273 e. The van der Waals surface area contributed by atoms with Crippen molar-refractivity contribution in [2.45, 2.75) is 12.8 Å². The van der Waals surface area contributed by atoms with E-state index in [0.29, 0.717) is 0 Å². The van der Waals surface area contributed by atoms with Crippen LogP contribution in [0.3, 0.4) is 0 Å². The Bertz CT molecular complexity index is 938. The molecule has 0 unspecified atom stereocenters. The summed E-state index contributed by atoms with van der Waals surface area (Å²) in [5.74, 6) is -1.16. The van der Waals surface area contributed by atoms with Crippen molar-refractivity contribution in [3.8, 4) is 0 Å². The number of hydrazone groups is 2. The van der Waals surface area contributed by atoms with Gasteiger partial charge in [0.05, 0.1) is 33.4 Å². The summed E-state index contributed by atoms with van der Waals surface area (Å²) in [6.45, 7) is 0. The lowest BCUT2D eigenvalue weighted by atomic mass is 10.2. The topological polar surface area (TPSA) is 169 Å². The minimum atomic E-state index is -0.581. The quantitative estimate of drug-likeness (QED) is 0.362. The van der Waals surface area contributed by atoms with Gasteiger partial charge in [-0.15, -0.1) is 0 Å². The molecule has 0 heterocycles. The number of nitro groups is 2. The standard InChI is InChI=1S/C18H16N6O6/c25-17(21-19-11-13-5-1-3-7-15(13)23(27)28)9-10-18(26)22-20-12-14-6-2-4-8-16(14)24(29)30/h1-8,11-12H,9-10H2,(H,21,25)(H,22,26)/b19-11-,20-12-. The fraction of sp³-hybridized carbons (Fsp3) is 0.111. The van der Waals surface area contributed by atoms with E-state index in [1.54, 1.807) is 12.1 Å². The van der Waals surface area contributed by atoms with Crippen molar-refractivity contribution in [2.75, 3.05) is 0 Å². The summed E-state index contributed by atoms with van der Waals surface area (Å²) in [5, 5.41) is 29.1. The Morgan fingerprint density at radius 1 is 0.767 bits per heavy atom. The van der Waals surface area contributed by atoms with Crippen LogP contribution in [-0.2, 0) is 9.59 Å². The van der Waals surface area contributed by atoms with Gasteiger partial charge < -0.3 is 0 Å². The highest BCUT2D eigenvalue weighted by Crippen LogP contribution is 2.15. The Morgan fingerprint density at radius 2 is 1.13 bits per heavy atom. The number of rotatable bonds is 9. The van der Waals surface area contributed by atoms with E-state index in [9.17, 15) is 29.8 Å². The molecule has 0 fully saturated rings. The van der Waals surface area contributed by atoms with E-state index in [4.69, 9.17) is 0 Å². The maximum absolute atomic E-state index is 11.7. The normalized spacial score (nSPS) is 10.8. The lowest BCUT2D eigenvalue weighted by molar-refractivity contribution is -0.385. The number of benzene rings is 2. The number of carbonyl (C=O) groups is 2. The zero-order chi connectivity index (χ0) is 21.9. The SMILES string of the molecule is O=C(CCC(=O)N/N=C\c1ccccc1[N+](=O)[O-])N/N=C\c1ccccc1[N+](=O)[O-]. The zero-order valence-electron chi connectivity index (χ0n) is 15.4. The number of carbonyl (C=O) groups excluding carboxylic acids is 2. The second-order valence-electron chi connectivity index (χ2n) is 5.72. The first-order valence-electron chi connectivity index (χ1n) is 8.49. The van der Waals surface area contributed by atoms with Gasteiger partial charge in [-0.05, 0) is 12.1 Å². The number of nitro benzene ring substituents is 2. The van der Waals surface area contributed by atoms with Crippen LogP contribution in [0.15, 0.2) is 58.7 Å². The third kappa shape index (κ3) is 6.60. The van der Waals surface area contributed by atoms with Gasteiger partial charge in [0, 0.05) is 25.0 Å². The van der Waals surface area contributed by atoms with E-state index in [2.05, 4.69) is 21.1 Å². The highest BCUT2D eigenvalue weighted by atomic mass is 16.6. The van der Waals surface area contributed by atoms with Crippen LogP contribution in [0.25, 0.3) is 0 Å². The van der Waals surface area contributed by atoms with Crippen LogP contribution in [0, 0.1) is 20.2 Å². The van der Waals surface area contributed by atoms with Crippen molar-refractivity contribution in [3.63, 3.8) is 0 Å². The summed E-state index contributed by atoms with van der Waals surface area (Å²) >= 11 is 0. The van der Waals surface area contributed by atoms with Gasteiger partial charge in [-0.2, -0.15) is 10.2 Å². The van der Waals surface area contributed by atoms with Gasteiger partial charge >= 0.3 is 0 Å². The van der Waals surface area contributed by atoms with Crippen molar-refractivity contribution in [3.05, 3.63) is 79.9 Å². The summed E-state index contributed by atoms with van der Waals surface area (Å²) in [4.78, 5) is 44.1. The number of hydrogen-bond donors (Lipinski definition) is 2. The van der Waals surface area contributed by atoms with E-state index < -0.39 is 21.7 Å². The lowest BCUT2D eigenvalue weighted by Gasteiger charge is -2.01. The predicted octanol–water partition coefficient (Wildman–Crippen LogP) is 1.88. The molecule has 0 aliphatic rings. The number of nitrogens with one attached hydrogen (secondary N) is 2. The molecule has 0 aliphatic heterocycles. The summed E-state index contributed by atoms with van der Waals surface area (Å²) < 4.78 is 0. The first kappa shape index (κ1) is 21.8. The summed E-state index contributed by atoms with van der Waals surface area (Å²) in [5.41, 5.74) is 4.44. The Kier molecular flexibility index (Phi) is 7.82. The molecule has 12 nitrogen and oxygen atoms in total. The minimum absolute atomic E-state index is 0.161. The Labute approximate surface area is 169 Å². The lowest BCUT2D eigenvalue weighted by Crippen LogP contribution is -2.22. The molecule has 30 heavy (non-hydrogen) atoms. The fourth-order valence-corrected chi connectivity index (χ4v) is 2.21. The van der Waals surface area contributed by atoms with Crippen LogP contribution in [0.4, 0.5) is 11.4 Å². The number of hydrogen-bond acceptors (Lipinski definition) is 8. The summed E-state index contributed by atoms with van der Waals surface area (Å²) in [6, 6.07) is 11.7. The molecule has 0 aliphatic carbocycles. The number of amides is 2. The summed E-state index contributed by atoms with van der Waals surface area (Å²) in [6.07, 6.45) is 1.85. The number of para-hydroxylation sites is 2. The highest BCUT2D eigenvalue weighted by molar-refractivity contribution is 5.89. The Hall–Kier alpha value is -4.48. The zero-order valence-corrected chi connectivity index (χ0v) is 15.4. The molecule has 0 saturated heterocycles. The molecule has 0 saturated carbocycles. The van der Waals surface area contributed by atoms with Crippen LogP contribution < -0.4 is 10.9 Å². The van der Waals surface area contributed by atoms with E-state index in [1.807, 2.05) is 0 Å². The van der Waals surface area contributed by atoms with Crippen molar-refractivity contribution in [2.24, 2.45) is 10.2 Å². The maximum atomic E-state index is 11.7. The molecule has 2 aromatic rings. The molecule has 0 spiro atoms. The van der Waals surface area contributed by atoms with Gasteiger partial charge in [-0.25, -0.2) is 10.9 Å². The molecule has 2 rings (SSSR count). The third-order valence-corrected chi connectivity index (χ3v) is 3.63. The van der Waals surface area contributed by atoms with Gasteiger partial charge in [0.15, 0.2) is 0 Å². The van der Waals surface area contributed by atoms with E-state index in [1.165, 1.54) is 36.4 Å². The van der Waals surface area contributed by atoms with E-state index in [-0.39, 0.29) is 35.3 Å². The average molecular weight is 412 g/mol. The Balaban J connectivity index is 1.79. The molecule has 0 radical (unpaired) electrons. The van der Waals surface area contributed by atoms with Gasteiger partial charge in [-0.1, -0.05) is 24.3 Å². The largest absolute Gasteiger partial charge is 0.278 e. The first-order valence-corrected chi connectivity index (χ1v) is 8.49. The maximum Gasteiger partial charge on any atom is 0.278 e. The molecular weight excluding hydrogens is 396 g/mol. The fourth-order valence-electron chi connectivity index (χ4n) is 2.21. The van der Waals surface area contributed by atoms with Crippen molar-refractivity contribution in [1.29, 1.82) is 0 Å². The minimum Gasteiger partial charge on any atom is -0.273 e. The molecular formula is C18H16N6O6. The van der Waals surface area contributed by atoms with Crippen LogP contribution >= 0.6 is 0 Å². The van der Waals surface area contributed by atoms with Crippen molar-refractivity contribution < 1.29 is 19.4 Å². The van der Waals surface area contributed by atoms with Crippen molar-refractivity contribution in [1.82, 2.24) is 10.9 Å². The van der Waals surface area contributed by atoms with Crippen LogP contribution in [0.2, 0.25) is 0 Å². The monoisotopic (exact) mass is 412 g/mol. The second-order valence-corrected chi connectivity index (χ2v) is 5.72. The van der Waals surface area contributed by atoms with Gasteiger partial charge in [-0.3, -0.25) is 29.8 Å². The van der Waals surface area contributed by atoms with Crippen LogP contribution in [-0.4, -0.2) is 34.1 Å². The molecule has 154 valence electrons. The highest BCUT2D eigenvalue weighted by Gasteiger charge is 2.11. The summed E-state index contributed by atoms with van der Waals surface area (Å²) in [7, 11) is 0. The van der Waals surface area contributed by atoms with Gasteiger partial charge in [0.25, 0.3) is 11.4 Å². The van der Waals surface area contributed by atoms with E-state index in [0.717, 1.165) is 12.4 Å². The Morgan fingerprint density at radius 3 is 1.50 bits per heavy atom. The molecule has 0 bridgehead atoms. The molecule has 2 N–H and O–H groups in total.